The van der Waals surface area contributed by atoms with Gasteiger partial charge in [-0.1, -0.05) is 38.8 Å². The lowest BCUT2D eigenvalue weighted by Gasteiger charge is -2.27. The van der Waals surface area contributed by atoms with E-state index in [9.17, 15) is 19.2 Å². The first kappa shape index (κ1) is 29.4. The number of para-hydroxylation sites is 1. The van der Waals surface area contributed by atoms with Crippen molar-refractivity contribution in [2.45, 2.75) is 64.5 Å². The Hall–Kier alpha value is -3.14. The third-order valence-electron chi connectivity index (χ3n) is 6.97. The fourth-order valence-corrected chi connectivity index (χ4v) is 4.85. The van der Waals surface area contributed by atoms with Crippen molar-refractivity contribution < 1.29 is 23.9 Å². The summed E-state index contributed by atoms with van der Waals surface area (Å²) in [6.45, 7) is 7.58. The van der Waals surface area contributed by atoms with Crippen LogP contribution >= 0.6 is 0 Å². The first-order valence-electron chi connectivity index (χ1n) is 13.8. The molecule has 1 aromatic carbocycles. The number of fused-ring (bicyclic) bond motifs is 1. The van der Waals surface area contributed by atoms with Gasteiger partial charge >= 0.3 is 0 Å². The topological polar surface area (TPSA) is 120 Å². The molecule has 0 unspecified atom stereocenters. The van der Waals surface area contributed by atoms with E-state index in [0.717, 1.165) is 25.9 Å². The highest BCUT2D eigenvalue weighted by Gasteiger charge is 2.30. The molecule has 2 heterocycles. The van der Waals surface area contributed by atoms with Crippen molar-refractivity contribution in [2.24, 2.45) is 5.92 Å². The van der Waals surface area contributed by atoms with Gasteiger partial charge in [-0.15, -0.1) is 0 Å². The molecule has 0 saturated carbocycles. The monoisotopic (exact) mass is 529 g/mol. The Labute approximate surface area is 225 Å². The normalized spacial score (nSPS) is 22.4. The Kier molecular flexibility index (Phi) is 11.4. The van der Waals surface area contributed by atoms with Gasteiger partial charge in [-0.05, 0) is 50.4 Å². The van der Waals surface area contributed by atoms with E-state index in [4.69, 9.17) is 4.74 Å². The molecule has 2 aliphatic rings. The van der Waals surface area contributed by atoms with Crippen LogP contribution in [0.5, 0.6) is 5.75 Å². The minimum Gasteiger partial charge on any atom is -0.491 e. The van der Waals surface area contributed by atoms with E-state index < -0.39 is 29.8 Å². The predicted molar refractivity (Wildman–Crippen MR) is 145 cm³/mol. The SMILES string of the molecule is CC(C)C[C@H]1NC(=O)C[C@@H](C(=O)NCCN2CCCCCC2)NC(=O)c2ccccc2OCCN(C)C1=O. The molecule has 0 spiro atoms. The average molecular weight is 530 g/mol. The molecule has 38 heavy (non-hydrogen) atoms. The minimum atomic E-state index is -1.10. The first-order chi connectivity index (χ1) is 18.2. The Balaban J connectivity index is 1.77. The van der Waals surface area contributed by atoms with Crippen molar-refractivity contribution in [3.05, 3.63) is 29.8 Å². The summed E-state index contributed by atoms with van der Waals surface area (Å²) in [6, 6.07) is 4.91. The van der Waals surface area contributed by atoms with Gasteiger partial charge in [0.15, 0.2) is 0 Å². The Bertz CT molecular complexity index is 961. The summed E-state index contributed by atoms with van der Waals surface area (Å²) in [7, 11) is 1.66. The summed E-state index contributed by atoms with van der Waals surface area (Å²) >= 11 is 0. The lowest BCUT2D eigenvalue weighted by molar-refractivity contribution is -0.136. The number of likely N-dealkylation sites (tertiary alicyclic amines) is 1. The van der Waals surface area contributed by atoms with Crippen molar-refractivity contribution in [3.63, 3.8) is 0 Å². The highest BCUT2D eigenvalue weighted by Crippen LogP contribution is 2.19. The number of carbonyl (C=O) groups excluding carboxylic acids is 4. The number of hydrogen-bond donors (Lipinski definition) is 3. The number of likely N-dealkylation sites (N-methyl/N-ethyl adjacent to an activating group) is 1. The number of rotatable bonds is 6. The molecule has 0 aromatic heterocycles. The van der Waals surface area contributed by atoms with Gasteiger partial charge in [-0.3, -0.25) is 19.2 Å². The maximum atomic E-state index is 13.2. The summed E-state index contributed by atoms with van der Waals surface area (Å²) in [5.74, 6) is -1.10. The third kappa shape index (κ3) is 9.01. The highest BCUT2D eigenvalue weighted by atomic mass is 16.5. The molecule has 4 amide bonds. The zero-order valence-corrected chi connectivity index (χ0v) is 23.0. The van der Waals surface area contributed by atoms with Gasteiger partial charge in [0.25, 0.3) is 5.91 Å². The lowest BCUT2D eigenvalue weighted by atomic mass is 10.0. The number of carbonyl (C=O) groups is 4. The molecule has 2 aliphatic heterocycles. The summed E-state index contributed by atoms with van der Waals surface area (Å²) in [5.41, 5.74) is 0.263. The van der Waals surface area contributed by atoms with E-state index >= 15 is 0 Å². The zero-order chi connectivity index (χ0) is 27.5. The standard InChI is InChI=1S/C28H43N5O5/c1-20(2)18-23-28(37)32(3)16-17-38-24-11-7-6-10-21(24)26(35)31-22(19-25(34)30-23)27(36)29-12-15-33-13-8-4-5-9-14-33/h6-7,10-11,20,22-23H,4-5,8-9,12-19H2,1-3H3,(H,29,36)(H,30,34)(H,31,35)/t22-,23+/m0/s1. The van der Waals surface area contributed by atoms with Crippen LogP contribution in [0.15, 0.2) is 24.3 Å². The molecule has 1 fully saturated rings. The molecule has 3 N–H and O–H groups in total. The van der Waals surface area contributed by atoms with Crippen molar-refractivity contribution in [2.75, 3.05) is 46.4 Å². The fourth-order valence-electron chi connectivity index (χ4n) is 4.85. The fraction of sp³-hybridized carbons (Fsp3) is 0.643. The minimum absolute atomic E-state index is 0.164. The molecule has 0 bridgehead atoms. The van der Waals surface area contributed by atoms with Crippen LogP contribution in [0.25, 0.3) is 0 Å². The van der Waals surface area contributed by atoms with Crippen molar-refractivity contribution in [3.8, 4) is 5.75 Å². The summed E-state index contributed by atoms with van der Waals surface area (Å²) in [6.07, 6.45) is 4.94. The Morgan fingerprint density at radius 2 is 1.76 bits per heavy atom. The van der Waals surface area contributed by atoms with Crippen LogP contribution in [-0.2, 0) is 14.4 Å². The molecule has 0 aliphatic carbocycles. The van der Waals surface area contributed by atoms with Gasteiger partial charge in [0, 0.05) is 20.1 Å². The quantitative estimate of drug-likeness (QED) is 0.514. The number of nitrogens with one attached hydrogen (secondary N) is 3. The van der Waals surface area contributed by atoms with E-state index in [-0.39, 0.29) is 30.4 Å². The highest BCUT2D eigenvalue weighted by molar-refractivity contribution is 6.01. The van der Waals surface area contributed by atoms with E-state index in [0.29, 0.717) is 31.8 Å². The van der Waals surface area contributed by atoms with Crippen LogP contribution in [0.1, 0.15) is 62.7 Å². The maximum Gasteiger partial charge on any atom is 0.255 e. The third-order valence-corrected chi connectivity index (χ3v) is 6.97. The molecule has 0 radical (unpaired) electrons. The van der Waals surface area contributed by atoms with Gasteiger partial charge in [0.2, 0.25) is 17.7 Å². The predicted octanol–water partition coefficient (Wildman–Crippen LogP) is 1.55. The first-order valence-corrected chi connectivity index (χ1v) is 13.8. The van der Waals surface area contributed by atoms with Crippen LogP contribution in [0.2, 0.25) is 0 Å². The van der Waals surface area contributed by atoms with E-state index in [1.54, 1.807) is 31.3 Å². The van der Waals surface area contributed by atoms with Gasteiger partial charge in [0.1, 0.15) is 24.4 Å². The molecule has 2 atom stereocenters. The molecule has 10 heteroatoms. The van der Waals surface area contributed by atoms with Crippen molar-refractivity contribution in [1.29, 1.82) is 0 Å². The molecule has 210 valence electrons. The van der Waals surface area contributed by atoms with E-state index in [2.05, 4.69) is 20.9 Å². The number of amides is 4. The van der Waals surface area contributed by atoms with Crippen LogP contribution in [0.4, 0.5) is 0 Å². The second-order valence-electron chi connectivity index (χ2n) is 10.6. The van der Waals surface area contributed by atoms with Crippen molar-refractivity contribution >= 4 is 23.6 Å². The maximum absolute atomic E-state index is 13.2. The molecule has 1 saturated heterocycles. The molecular formula is C28H43N5O5. The van der Waals surface area contributed by atoms with Crippen LogP contribution in [-0.4, -0.2) is 91.9 Å². The van der Waals surface area contributed by atoms with E-state index in [1.165, 1.54) is 17.7 Å². The number of ether oxygens (including phenoxy) is 1. The summed E-state index contributed by atoms with van der Waals surface area (Å²) in [4.78, 5) is 56.5. The zero-order valence-electron chi connectivity index (χ0n) is 23.0. The van der Waals surface area contributed by atoms with Crippen LogP contribution in [0, 0.1) is 5.92 Å². The molecular weight excluding hydrogens is 486 g/mol. The lowest BCUT2D eigenvalue weighted by Crippen LogP contribution is -2.53. The second kappa shape index (κ2) is 14.7. The van der Waals surface area contributed by atoms with Gasteiger partial charge < -0.3 is 30.5 Å². The molecule has 3 rings (SSSR count). The largest absolute Gasteiger partial charge is 0.491 e. The second-order valence-corrected chi connectivity index (χ2v) is 10.6. The smallest absolute Gasteiger partial charge is 0.255 e. The van der Waals surface area contributed by atoms with Crippen LogP contribution < -0.4 is 20.7 Å². The average Bonchev–Trinajstić information content (AvgIpc) is 3.15. The van der Waals surface area contributed by atoms with E-state index in [1.807, 2.05) is 13.8 Å². The Morgan fingerprint density at radius 1 is 1.05 bits per heavy atom. The molecule has 10 nitrogen and oxygen atoms in total. The van der Waals surface area contributed by atoms with Crippen LogP contribution in [0.3, 0.4) is 0 Å². The van der Waals surface area contributed by atoms with Gasteiger partial charge in [-0.2, -0.15) is 0 Å². The number of hydrogen-bond acceptors (Lipinski definition) is 6. The number of benzene rings is 1. The summed E-state index contributed by atoms with van der Waals surface area (Å²) in [5, 5.41) is 8.43. The summed E-state index contributed by atoms with van der Waals surface area (Å²) < 4.78 is 5.85. The molecule has 1 aromatic rings. The van der Waals surface area contributed by atoms with Gasteiger partial charge in [-0.25, -0.2) is 0 Å². The number of nitrogens with zero attached hydrogens (tertiary/aromatic N) is 2. The Morgan fingerprint density at radius 3 is 2.47 bits per heavy atom. The van der Waals surface area contributed by atoms with Crippen molar-refractivity contribution in [1.82, 2.24) is 25.8 Å². The van der Waals surface area contributed by atoms with Gasteiger partial charge in [0.05, 0.1) is 18.5 Å².